The van der Waals surface area contributed by atoms with Crippen molar-refractivity contribution < 1.29 is 24.6 Å². The van der Waals surface area contributed by atoms with Crippen LogP contribution in [0.25, 0.3) is 0 Å². The third kappa shape index (κ3) is 5.57. The van der Waals surface area contributed by atoms with Crippen LogP contribution in [0.4, 0.5) is 0 Å². The molecular formula is C10H17NO5. The van der Waals surface area contributed by atoms with Gasteiger partial charge in [-0.05, 0) is 12.8 Å². The van der Waals surface area contributed by atoms with Gasteiger partial charge in [0.15, 0.2) is 5.78 Å². The Morgan fingerprint density at radius 2 is 1.69 bits per heavy atom. The third-order valence-electron chi connectivity index (χ3n) is 2.21. The van der Waals surface area contributed by atoms with Gasteiger partial charge in [0.1, 0.15) is 12.1 Å². The van der Waals surface area contributed by atoms with Gasteiger partial charge in [0, 0.05) is 6.92 Å². The Morgan fingerprint density at radius 1 is 1.19 bits per heavy atom. The molecule has 0 amide bonds. The predicted molar refractivity (Wildman–Crippen MR) is 55.8 cm³/mol. The number of rotatable bonds is 8. The van der Waals surface area contributed by atoms with E-state index in [1.54, 1.807) is 0 Å². The summed E-state index contributed by atoms with van der Waals surface area (Å²) in [6.45, 7) is 1.10. The fraction of sp³-hybridized carbons (Fsp3) is 0.700. The molecule has 0 spiro atoms. The van der Waals surface area contributed by atoms with Crippen molar-refractivity contribution in [2.45, 2.75) is 44.8 Å². The molecule has 0 heterocycles. The van der Waals surface area contributed by atoms with Crippen molar-refractivity contribution in [2.75, 3.05) is 0 Å². The van der Waals surface area contributed by atoms with Crippen LogP contribution < -0.4 is 5.73 Å². The Morgan fingerprint density at radius 3 is 2.12 bits per heavy atom. The number of carbonyl (C=O) groups excluding carboxylic acids is 2. The van der Waals surface area contributed by atoms with Crippen LogP contribution in [0, 0.1) is 0 Å². The van der Waals surface area contributed by atoms with Crippen molar-refractivity contribution in [2.24, 2.45) is 5.73 Å². The molecule has 0 aliphatic rings. The second-order valence-electron chi connectivity index (χ2n) is 3.67. The number of carboxylic acids is 1. The van der Waals surface area contributed by atoms with E-state index in [2.05, 4.69) is 0 Å². The Kier molecular flexibility index (Phi) is 6.52. The van der Waals surface area contributed by atoms with Gasteiger partial charge >= 0.3 is 5.97 Å². The lowest BCUT2D eigenvalue weighted by atomic mass is 10.0. The van der Waals surface area contributed by atoms with Crippen molar-refractivity contribution in [1.82, 2.24) is 0 Å². The standard InChI is InChI=1S/C10H17NO5/c1-6(12)9(14)8(13)5-3-2-4-7(11)10(15)16/h7-8,13H,2-5,11H2,1H3,(H,15,16). The van der Waals surface area contributed by atoms with Crippen LogP contribution >= 0.6 is 0 Å². The lowest BCUT2D eigenvalue weighted by Crippen LogP contribution is -2.30. The van der Waals surface area contributed by atoms with E-state index < -0.39 is 29.7 Å². The molecule has 16 heavy (non-hydrogen) atoms. The van der Waals surface area contributed by atoms with Crippen LogP contribution in [0.15, 0.2) is 0 Å². The summed E-state index contributed by atoms with van der Waals surface area (Å²) in [5.41, 5.74) is 5.26. The lowest BCUT2D eigenvalue weighted by Gasteiger charge is -2.08. The second kappa shape index (κ2) is 7.08. The molecule has 0 fully saturated rings. The van der Waals surface area contributed by atoms with E-state index in [0.29, 0.717) is 12.8 Å². The van der Waals surface area contributed by atoms with Crippen LogP contribution in [0.1, 0.15) is 32.6 Å². The monoisotopic (exact) mass is 231 g/mol. The van der Waals surface area contributed by atoms with Crippen LogP contribution in [0.3, 0.4) is 0 Å². The summed E-state index contributed by atoms with van der Waals surface area (Å²) in [7, 11) is 0. The van der Waals surface area contributed by atoms with E-state index >= 15 is 0 Å². The fourth-order valence-electron chi connectivity index (χ4n) is 1.19. The molecule has 6 nitrogen and oxygen atoms in total. The molecule has 0 aromatic carbocycles. The maximum absolute atomic E-state index is 11.0. The lowest BCUT2D eigenvalue weighted by molar-refractivity contribution is -0.140. The highest BCUT2D eigenvalue weighted by Crippen LogP contribution is 2.06. The number of carbonyl (C=O) groups is 3. The quantitative estimate of drug-likeness (QED) is 0.382. The highest BCUT2D eigenvalue weighted by Gasteiger charge is 2.19. The van der Waals surface area contributed by atoms with Crippen molar-refractivity contribution in [3.8, 4) is 0 Å². The molecule has 0 aliphatic carbocycles. The van der Waals surface area contributed by atoms with E-state index in [4.69, 9.17) is 10.8 Å². The third-order valence-corrected chi connectivity index (χ3v) is 2.21. The van der Waals surface area contributed by atoms with E-state index in [1.807, 2.05) is 0 Å². The summed E-state index contributed by atoms with van der Waals surface area (Å²) >= 11 is 0. The molecule has 4 N–H and O–H groups in total. The molecule has 0 aromatic heterocycles. The number of Topliss-reactive ketones (excluding diaryl/α,β-unsaturated/α-hetero) is 2. The van der Waals surface area contributed by atoms with E-state index in [1.165, 1.54) is 0 Å². The minimum atomic E-state index is -1.28. The van der Waals surface area contributed by atoms with Crippen molar-refractivity contribution in [3.63, 3.8) is 0 Å². The number of aliphatic carboxylic acids is 1. The minimum Gasteiger partial charge on any atom is -0.480 e. The van der Waals surface area contributed by atoms with Crippen LogP contribution in [-0.2, 0) is 14.4 Å². The summed E-state index contributed by atoms with van der Waals surface area (Å²) in [6.07, 6.45) is 0.122. The first-order valence-electron chi connectivity index (χ1n) is 5.07. The molecule has 0 aromatic rings. The predicted octanol–water partition coefficient (Wildman–Crippen LogP) is -0.522. The molecule has 2 atom stereocenters. The van der Waals surface area contributed by atoms with Crippen molar-refractivity contribution in [1.29, 1.82) is 0 Å². The maximum Gasteiger partial charge on any atom is 0.320 e. The Labute approximate surface area is 93.4 Å². The first-order chi connectivity index (χ1) is 7.36. The van der Waals surface area contributed by atoms with Crippen molar-refractivity contribution >= 4 is 17.5 Å². The molecule has 92 valence electrons. The van der Waals surface area contributed by atoms with Gasteiger partial charge in [0.05, 0.1) is 0 Å². The SMILES string of the molecule is CC(=O)C(=O)C(O)CCCCC(N)C(=O)O. The maximum atomic E-state index is 11.0. The highest BCUT2D eigenvalue weighted by atomic mass is 16.4. The Balaban J connectivity index is 3.71. The molecule has 0 radical (unpaired) electrons. The molecule has 0 saturated carbocycles. The zero-order chi connectivity index (χ0) is 12.7. The summed E-state index contributed by atoms with van der Waals surface area (Å²) in [5, 5.41) is 17.7. The number of ketones is 2. The topological polar surface area (TPSA) is 118 Å². The zero-order valence-corrected chi connectivity index (χ0v) is 9.18. The average Bonchev–Trinajstić information content (AvgIpc) is 2.22. The molecule has 0 saturated heterocycles. The molecule has 2 unspecified atom stereocenters. The van der Waals surface area contributed by atoms with E-state index in [-0.39, 0.29) is 12.8 Å². The van der Waals surface area contributed by atoms with Gasteiger partial charge in [0.2, 0.25) is 5.78 Å². The molecule has 6 heteroatoms. The van der Waals surface area contributed by atoms with Gasteiger partial charge in [-0.2, -0.15) is 0 Å². The van der Waals surface area contributed by atoms with Gasteiger partial charge < -0.3 is 15.9 Å². The number of unbranched alkanes of at least 4 members (excludes halogenated alkanes) is 1. The minimum absolute atomic E-state index is 0.157. The Bertz CT molecular complexity index is 276. The second-order valence-corrected chi connectivity index (χ2v) is 3.67. The van der Waals surface area contributed by atoms with Gasteiger partial charge in [0.25, 0.3) is 0 Å². The summed E-state index contributed by atoms with van der Waals surface area (Å²) < 4.78 is 0. The number of aliphatic hydroxyl groups excluding tert-OH is 1. The van der Waals surface area contributed by atoms with E-state index in [9.17, 15) is 19.5 Å². The smallest absolute Gasteiger partial charge is 0.320 e. The highest BCUT2D eigenvalue weighted by molar-refractivity contribution is 6.37. The Hall–Kier alpha value is -1.27. The summed E-state index contributed by atoms with van der Waals surface area (Å²) in [6, 6.07) is -0.916. The first-order valence-corrected chi connectivity index (χ1v) is 5.07. The molecule has 0 rings (SSSR count). The van der Waals surface area contributed by atoms with Crippen LogP contribution in [0.2, 0.25) is 0 Å². The normalized spacial score (nSPS) is 14.2. The van der Waals surface area contributed by atoms with Crippen LogP contribution in [0.5, 0.6) is 0 Å². The number of carboxylic acid groups (broad SMARTS) is 1. The first kappa shape index (κ1) is 14.7. The summed E-state index contributed by atoms with van der Waals surface area (Å²) in [4.78, 5) is 31.9. The molecule has 0 bridgehead atoms. The van der Waals surface area contributed by atoms with Crippen LogP contribution in [-0.4, -0.2) is 39.9 Å². The number of aliphatic hydroxyl groups is 1. The van der Waals surface area contributed by atoms with Gasteiger partial charge in [-0.3, -0.25) is 14.4 Å². The number of hydrogen-bond donors (Lipinski definition) is 3. The molecule has 0 aliphatic heterocycles. The largest absolute Gasteiger partial charge is 0.480 e. The van der Waals surface area contributed by atoms with Gasteiger partial charge in [-0.25, -0.2) is 0 Å². The zero-order valence-electron chi connectivity index (χ0n) is 9.18. The van der Waals surface area contributed by atoms with Gasteiger partial charge in [-0.1, -0.05) is 12.8 Å². The van der Waals surface area contributed by atoms with Crippen molar-refractivity contribution in [3.05, 3.63) is 0 Å². The van der Waals surface area contributed by atoms with E-state index in [0.717, 1.165) is 6.92 Å². The van der Waals surface area contributed by atoms with Gasteiger partial charge in [-0.15, -0.1) is 0 Å². The number of nitrogens with two attached hydrogens (primary N) is 1. The molecular weight excluding hydrogens is 214 g/mol. The summed E-state index contributed by atoms with van der Waals surface area (Å²) in [5.74, 6) is -2.54. The number of hydrogen-bond acceptors (Lipinski definition) is 5. The fourth-order valence-corrected chi connectivity index (χ4v) is 1.19. The average molecular weight is 231 g/mol.